The van der Waals surface area contributed by atoms with Crippen molar-refractivity contribution in [2.75, 3.05) is 18.5 Å². The van der Waals surface area contributed by atoms with Crippen LogP contribution in [0.4, 0.5) is 15.8 Å². The number of aliphatic hydroxyl groups is 1. The summed E-state index contributed by atoms with van der Waals surface area (Å²) in [6, 6.07) is 6.57. The maximum absolute atomic E-state index is 14.3. The standard InChI is InChI=1S/C18H19FN4O3.C2H6/c1-11-3-4-14(13(19)9-11)21-16-12-10-20-6-5-15(12)23(2)17(16)18(25)22-26-8-7-24;1-2/h3-6,9-10,21,24H,7-8H2,1-2H3,(H,22,25);1-2H3. The van der Waals surface area contributed by atoms with E-state index >= 15 is 0 Å². The van der Waals surface area contributed by atoms with Crippen molar-refractivity contribution < 1.29 is 19.1 Å². The second-order valence-electron chi connectivity index (χ2n) is 5.79. The molecule has 1 aromatic carbocycles. The van der Waals surface area contributed by atoms with Crippen LogP contribution >= 0.6 is 0 Å². The summed E-state index contributed by atoms with van der Waals surface area (Å²) >= 11 is 0. The first-order valence-electron chi connectivity index (χ1n) is 9.01. The fourth-order valence-electron chi connectivity index (χ4n) is 2.75. The summed E-state index contributed by atoms with van der Waals surface area (Å²) in [5.41, 5.74) is 4.75. The van der Waals surface area contributed by atoms with E-state index in [9.17, 15) is 9.18 Å². The normalized spacial score (nSPS) is 10.4. The molecule has 0 saturated carbocycles. The number of amides is 1. The summed E-state index contributed by atoms with van der Waals surface area (Å²) in [4.78, 5) is 21.6. The number of carbonyl (C=O) groups excluding carboxylic acids is 1. The van der Waals surface area contributed by atoms with E-state index in [0.29, 0.717) is 11.1 Å². The fourth-order valence-corrected chi connectivity index (χ4v) is 2.75. The molecule has 3 N–H and O–H groups in total. The molecule has 3 rings (SSSR count). The first kappa shape index (κ1) is 21.3. The number of halogens is 1. The molecule has 0 radical (unpaired) electrons. The molecule has 0 fully saturated rings. The molecule has 0 aliphatic rings. The zero-order valence-electron chi connectivity index (χ0n) is 16.4. The largest absolute Gasteiger partial charge is 0.394 e. The van der Waals surface area contributed by atoms with Crippen LogP contribution in [0, 0.1) is 12.7 Å². The number of benzene rings is 1. The predicted octanol–water partition coefficient (Wildman–Crippen LogP) is 3.44. The number of aromatic nitrogens is 2. The van der Waals surface area contributed by atoms with Crippen molar-refractivity contribution in [3.8, 4) is 0 Å². The van der Waals surface area contributed by atoms with Gasteiger partial charge in [0, 0.05) is 24.8 Å². The van der Waals surface area contributed by atoms with E-state index in [1.165, 1.54) is 6.07 Å². The lowest BCUT2D eigenvalue weighted by molar-refractivity contribution is 0.0163. The van der Waals surface area contributed by atoms with Crippen LogP contribution in [-0.4, -0.2) is 33.8 Å². The van der Waals surface area contributed by atoms with Crippen LogP contribution in [0.15, 0.2) is 36.7 Å². The molecule has 0 saturated heterocycles. The molecule has 2 heterocycles. The number of nitrogens with zero attached hydrogens (tertiary/aromatic N) is 2. The summed E-state index contributed by atoms with van der Waals surface area (Å²) in [5, 5.41) is 12.4. The summed E-state index contributed by atoms with van der Waals surface area (Å²) < 4.78 is 16.0. The smallest absolute Gasteiger partial charge is 0.293 e. The zero-order valence-corrected chi connectivity index (χ0v) is 16.4. The monoisotopic (exact) mass is 388 g/mol. The van der Waals surface area contributed by atoms with Crippen molar-refractivity contribution in [1.82, 2.24) is 15.0 Å². The van der Waals surface area contributed by atoms with Crippen molar-refractivity contribution >= 4 is 28.2 Å². The quantitative estimate of drug-likeness (QED) is 0.445. The van der Waals surface area contributed by atoms with E-state index in [2.05, 4.69) is 15.8 Å². The molecule has 2 aromatic heterocycles. The lowest BCUT2D eigenvalue weighted by Crippen LogP contribution is -2.27. The number of aliphatic hydroxyl groups excluding tert-OH is 1. The van der Waals surface area contributed by atoms with E-state index in [1.54, 1.807) is 49.1 Å². The van der Waals surface area contributed by atoms with Gasteiger partial charge in [-0.3, -0.25) is 14.6 Å². The van der Waals surface area contributed by atoms with E-state index in [1.807, 2.05) is 13.8 Å². The Morgan fingerprint density at radius 3 is 2.75 bits per heavy atom. The molecular formula is C20H25FN4O3. The van der Waals surface area contributed by atoms with Gasteiger partial charge < -0.3 is 15.0 Å². The van der Waals surface area contributed by atoms with Gasteiger partial charge in [-0.15, -0.1) is 0 Å². The average molecular weight is 388 g/mol. The number of fused-ring (bicyclic) bond motifs is 1. The number of pyridine rings is 1. The van der Waals surface area contributed by atoms with Crippen LogP contribution in [0.2, 0.25) is 0 Å². The number of nitrogens with one attached hydrogen (secondary N) is 2. The second-order valence-corrected chi connectivity index (χ2v) is 5.79. The third-order valence-electron chi connectivity index (χ3n) is 3.96. The van der Waals surface area contributed by atoms with Crippen molar-refractivity contribution in [1.29, 1.82) is 0 Å². The SMILES string of the molecule is CC.Cc1ccc(Nc2c(C(=O)NOCCO)n(C)c3ccncc23)c(F)c1. The Kier molecular flexibility index (Phi) is 7.48. The number of rotatable bonds is 6. The van der Waals surface area contributed by atoms with Gasteiger partial charge in [0.1, 0.15) is 11.5 Å². The molecule has 0 atom stereocenters. The predicted molar refractivity (Wildman–Crippen MR) is 107 cm³/mol. The van der Waals surface area contributed by atoms with Gasteiger partial charge >= 0.3 is 0 Å². The molecule has 28 heavy (non-hydrogen) atoms. The molecule has 8 heteroatoms. The van der Waals surface area contributed by atoms with E-state index in [-0.39, 0.29) is 24.6 Å². The Labute approximate surface area is 163 Å². The molecular weight excluding hydrogens is 363 g/mol. The van der Waals surface area contributed by atoms with Crippen LogP contribution < -0.4 is 10.8 Å². The minimum absolute atomic E-state index is 0.0351. The van der Waals surface area contributed by atoms with Crippen molar-refractivity contribution in [3.05, 3.63) is 53.7 Å². The molecule has 0 unspecified atom stereocenters. The van der Waals surface area contributed by atoms with E-state index < -0.39 is 11.7 Å². The highest BCUT2D eigenvalue weighted by Gasteiger charge is 2.22. The van der Waals surface area contributed by atoms with Gasteiger partial charge in [0.2, 0.25) is 0 Å². The Morgan fingerprint density at radius 2 is 2.07 bits per heavy atom. The molecule has 7 nitrogen and oxygen atoms in total. The topological polar surface area (TPSA) is 88.4 Å². The number of hydroxylamine groups is 1. The minimum Gasteiger partial charge on any atom is -0.394 e. The number of hydrogen-bond donors (Lipinski definition) is 3. The number of anilines is 2. The van der Waals surface area contributed by atoms with Crippen LogP contribution in [0.5, 0.6) is 0 Å². The van der Waals surface area contributed by atoms with Crippen molar-refractivity contribution in [2.45, 2.75) is 20.8 Å². The van der Waals surface area contributed by atoms with Crippen LogP contribution in [-0.2, 0) is 11.9 Å². The molecule has 0 bridgehead atoms. The maximum atomic E-state index is 14.3. The zero-order chi connectivity index (χ0) is 20.7. The van der Waals surface area contributed by atoms with E-state index in [4.69, 9.17) is 9.94 Å². The maximum Gasteiger partial charge on any atom is 0.293 e. The molecule has 1 amide bonds. The highest BCUT2D eigenvalue weighted by molar-refractivity contribution is 6.09. The third-order valence-corrected chi connectivity index (χ3v) is 3.96. The molecule has 3 aromatic rings. The summed E-state index contributed by atoms with van der Waals surface area (Å²) in [7, 11) is 1.72. The van der Waals surface area contributed by atoms with Gasteiger partial charge in [-0.05, 0) is 30.7 Å². The first-order valence-corrected chi connectivity index (χ1v) is 9.01. The van der Waals surface area contributed by atoms with Crippen molar-refractivity contribution in [2.24, 2.45) is 7.05 Å². The summed E-state index contributed by atoms with van der Waals surface area (Å²) in [6.07, 6.45) is 3.22. The van der Waals surface area contributed by atoms with Crippen molar-refractivity contribution in [3.63, 3.8) is 0 Å². The lowest BCUT2D eigenvalue weighted by Gasteiger charge is -2.11. The number of aryl methyl sites for hydroxylation is 2. The second kappa shape index (κ2) is 9.82. The number of hydrogen-bond acceptors (Lipinski definition) is 5. The van der Waals surface area contributed by atoms with E-state index in [0.717, 1.165) is 11.1 Å². The van der Waals surface area contributed by atoms with Gasteiger partial charge in [-0.25, -0.2) is 9.87 Å². The molecule has 0 aliphatic carbocycles. The lowest BCUT2D eigenvalue weighted by atomic mass is 10.2. The average Bonchev–Trinajstić information content (AvgIpc) is 2.98. The van der Waals surface area contributed by atoms with Gasteiger partial charge in [0.15, 0.2) is 0 Å². The Bertz CT molecular complexity index is 956. The molecule has 0 spiro atoms. The highest BCUT2D eigenvalue weighted by Crippen LogP contribution is 2.33. The Hall–Kier alpha value is -2.97. The molecule has 150 valence electrons. The third kappa shape index (κ3) is 4.47. The number of carbonyl (C=O) groups is 1. The highest BCUT2D eigenvalue weighted by atomic mass is 19.1. The molecule has 0 aliphatic heterocycles. The van der Waals surface area contributed by atoms with Gasteiger partial charge in [-0.1, -0.05) is 19.9 Å². The van der Waals surface area contributed by atoms with Gasteiger partial charge in [0.25, 0.3) is 5.91 Å². The van der Waals surface area contributed by atoms with Crippen LogP contribution in [0.3, 0.4) is 0 Å². The van der Waals surface area contributed by atoms with Gasteiger partial charge in [-0.2, -0.15) is 0 Å². The van der Waals surface area contributed by atoms with Crippen LogP contribution in [0.25, 0.3) is 10.9 Å². The Balaban J connectivity index is 0.00000136. The fraction of sp³-hybridized carbons (Fsp3) is 0.300. The van der Waals surface area contributed by atoms with Crippen LogP contribution in [0.1, 0.15) is 29.9 Å². The Morgan fingerprint density at radius 1 is 1.32 bits per heavy atom. The first-order chi connectivity index (χ1) is 13.5. The minimum atomic E-state index is -0.521. The summed E-state index contributed by atoms with van der Waals surface area (Å²) in [5.74, 6) is -0.944. The summed E-state index contributed by atoms with van der Waals surface area (Å²) in [6.45, 7) is 5.54. The van der Waals surface area contributed by atoms with Gasteiger partial charge in [0.05, 0.1) is 30.1 Å².